The predicted molar refractivity (Wildman–Crippen MR) is 188 cm³/mol. The van der Waals surface area contributed by atoms with Gasteiger partial charge in [-0.2, -0.15) is 0 Å². The lowest BCUT2D eigenvalue weighted by Gasteiger charge is -2.23. The van der Waals surface area contributed by atoms with Crippen LogP contribution in [0, 0.1) is 11.8 Å². The Kier molecular flexibility index (Phi) is 12.5. The van der Waals surface area contributed by atoms with Gasteiger partial charge in [0.05, 0.1) is 11.8 Å². The molecular formula is C40H43N3O5. The summed E-state index contributed by atoms with van der Waals surface area (Å²) in [4.78, 5) is 53.7. The minimum atomic E-state index is -1.17. The topological polar surface area (TPSA) is 114 Å². The van der Waals surface area contributed by atoms with Crippen LogP contribution in [-0.2, 0) is 36.8 Å². The van der Waals surface area contributed by atoms with E-state index < -0.39 is 35.7 Å². The van der Waals surface area contributed by atoms with Crippen molar-refractivity contribution in [3.8, 4) is 0 Å². The molecule has 3 amide bonds. The van der Waals surface area contributed by atoms with Gasteiger partial charge in [-0.3, -0.25) is 19.2 Å². The van der Waals surface area contributed by atoms with Gasteiger partial charge in [0.15, 0.2) is 0 Å². The number of hydrogen-bond acceptors (Lipinski definition) is 5. The summed E-state index contributed by atoms with van der Waals surface area (Å²) in [5.41, 5.74) is 2.69. The van der Waals surface area contributed by atoms with Crippen LogP contribution in [0.2, 0.25) is 0 Å². The number of hydrogen-bond donors (Lipinski definition) is 3. The third-order valence-electron chi connectivity index (χ3n) is 8.59. The van der Waals surface area contributed by atoms with E-state index in [4.69, 9.17) is 4.74 Å². The molecule has 0 saturated carbocycles. The number of amides is 3. The molecule has 1 heterocycles. The first-order chi connectivity index (χ1) is 23.4. The summed E-state index contributed by atoms with van der Waals surface area (Å²) in [5, 5.41) is 10.6. The molecule has 0 unspecified atom stereocenters. The number of cyclic esters (lactones) is 1. The van der Waals surface area contributed by atoms with Crippen LogP contribution in [0.3, 0.4) is 0 Å². The second-order valence-electron chi connectivity index (χ2n) is 12.3. The maximum Gasteiger partial charge on any atom is 0.309 e. The fraction of sp³-hybridized carbons (Fsp3) is 0.300. The molecule has 0 aliphatic carbocycles. The summed E-state index contributed by atoms with van der Waals surface area (Å²) < 4.78 is 5.76. The van der Waals surface area contributed by atoms with Crippen molar-refractivity contribution < 1.29 is 23.9 Å². The molecule has 4 aromatic rings. The molecule has 0 saturated heterocycles. The highest BCUT2D eigenvalue weighted by atomic mass is 16.5. The van der Waals surface area contributed by atoms with E-state index >= 15 is 0 Å². The van der Waals surface area contributed by atoms with Crippen LogP contribution in [0.1, 0.15) is 43.2 Å². The van der Waals surface area contributed by atoms with Crippen molar-refractivity contribution in [1.29, 1.82) is 0 Å². The Hall–Kier alpha value is -5.24. The summed E-state index contributed by atoms with van der Waals surface area (Å²) in [5.74, 6) is -2.72. The first-order valence-electron chi connectivity index (χ1n) is 16.7. The zero-order chi connectivity index (χ0) is 33.6. The number of rotatable bonds is 9. The van der Waals surface area contributed by atoms with Crippen LogP contribution in [0.25, 0.3) is 10.8 Å². The molecule has 3 atom stereocenters. The molecule has 1 aliphatic rings. The van der Waals surface area contributed by atoms with Gasteiger partial charge in [0.25, 0.3) is 5.91 Å². The van der Waals surface area contributed by atoms with Gasteiger partial charge in [-0.25, -0.2) is 0 Å². The summed E-state index contributed by atoms with van der Waals surface area (Å²) in [6, 6.07) is 31.8. The first kappa shape index (κ1) is 34.1. The maximum absolute atomic E-state index is 13.7. The van der Waals surface area contributed by atoms with Gasteiger partial charge >= 0.3 is 5.97 Å². The van der Waals surface area contributed by atoms with Gasteiger partial charge in [-0.1, -0.05) is 103 Å². The van der Waals surface area contributed by atoms with E-state index in [2.05, 4.69) is 16.0 Å². The third kappa shape index (κ3) is 10.4. The zero-order valence-corrected chi connectivity index (χ0v) is 27.1. The molecule has 5 rings (SSSR count). The number of benzene rings is 4. The molecule has 0 fully saturated rings. The molecular weight excluding hydrogens is 602 g/mol. The number of esters is 1. The van der Waals surface area contributed by atoms with Crippen molar-refractivity contribution in [3.05, 3.63) is 126 Å². The molecule has 0 spiro atoms. The van der Waals surface area contributed by atoms with E-state index in [0.29, 0.717) is 37.9 Å². The Morgan fingerprint density at radius 1 is 0.792 bits per heavy atom. The average Bonchev–Trinajstić information content (AvgIpc) is 3.10. The number of allylic oxidation sites excluding steroid dienone is 2. The van der Waals surface area contributed by atoms with Crippen molar-refractivity contribution >= 4 is 40.2 Å². The van der Waals surface area contributed by atoms with E-state index in [9.17, 15) is 19.2 Å². The van der Waals surface area contributed by atoms with E-state index in [-0.39, 0.29) is 18.9 Å². The van der Waals surface area contributed by atoms with E-state index in [1.54, 1.807) is 6.07 Å². The minimum absolute atomic E-state index is 0.0388. The highest BCUT2D eigenvalue weighted by molar-refractivity contribution is 5.99. The van der Waals surface area contributed by atoms with Crippen molar-refractivity contribution in [3.63, 3.8) is 0 Å². The minimum Gasteiger partial charge on any atom is -0.463 e. The number of carbonyl (C=O) groups excluding carboxylic acids is 4. The highest BCUT2D eigenvalue weighted by Gasteiger charge is 2.30. The Morgan fingerprint density at radius 3 is 2.27 bits per heavy atom. The number of nitrogens with one attached hydrogen (secondary N) is 3. The largest absolute Gasteiger partial charge is 0.463 e. The van der Waals surface area contributed by atoms with Crippen LogP contribution in [-0.4, -0.2) is 42.9 Å². The van der Waals surface area contributed by atoms with Gasteiger partial charge in [0, 0.05) is 18.7 Å². The second-order valence-corrected chi connectivity index (χ2v) is 12.3. The number of anilines is 1. The standard InChI is InChI=1S/C40H43N3O5/c44-37(41-24-23-29-13-5-3-6-14-29)27-33-19-9-1-2-10-20-34(25-30-15-7-4-8-16-30)40(47)48-28-36(43-38(33)45)39(46)42-35-22-21-31-17-11-12-18-32(31)26-35/h1,3-9,11-18,21-22,26,33-34,36H,2,10,19-20,23-25,27-28H2,(H,41,44)(H,42,46)(H,43,45)/b9-1-/t33-,34-,36+/m1/s1. The zero-order valence-electron chi connectivity index (χ0n) is 27.1. The fourth-order valence-corrected chi connectivity index (χ4v) is 5.88. The lowest BCUT2D eigenvalue weighted by molar-refractivity contribution is -0.151. The quantitative estimate of drug-likeness (QED) is 0.149. The van der Waals surface area contributed by atoms with Crippen LogP contribution < -0.4 is 16.0 Å². The van der Waals surface area contributed by atoms with Crippen LogP contribution in [0.4, 0.5) is 5.69 Å². The first-order valence-corrected chi connectivity index (χ1v) is 16.7. The van der Waals surface area contributed by atoms with Crippen molar-refractivity contribution in [2.75, 3.05) is 18.5 Å². The van der Waals surface area contributed by atoms with Gasteiger partial charge in [-0.15, -0.1) is 0 Å². The molecule has 8 heteroatoms. The van der Waals surface area contributed by atoms with Crippen molar-refractivity contribution in [1.82, 2.24) is 10.6 Å². The van der Waals surface area contributed by atoms with Crippen LogP contribution in [0.15, 0.2) is 115 Å². The Morgan fingerprint density at radius 2 is 1.50 bits per heavy atom. The molecule has 1 aliphatic heterocycles. The second kappa shape index (κ2) is 17.6. The average molecular weight is 646 g/mol. The Labute approximate surface area is 282 Å². The van der Waals surface area contributed by atoms with E-state index in [1.807, 2.05) is 109 Å². The monoisotopic (exact) mass is 645 g/mol. The predicted octanol–water partition coefficient (Wildman–Crippen LogP) is 6.16. The number of ether oxygens (including phenoxy) is 1. The smallest absolute Gasteiger partial charge is 0.309 e. The van der Waals surface area contributed by atoms with E-state index in [0.717, 1.165) is 34.7 Å². The van der Waals surface area contributed by atoms with Crippen LogP contribution in [0.5, 0.6) is 0 Å². The highest BCUT2D eigenvalue weighted by Crippen LogP contribution is 2.21. The third-order valence-corrected chi connectivity index (χ3v) is 8.59. The number of carbonyl (C=O) groups is 4. The Bertz CT molecular complexity index is 1710. The molecule has 4 aromatic carbocycles. The lowest BCUT2D eigenvalue weighted by atomic mass is 9.93. The molecule has 248 valence electrons. The fourth-order valence-electron chi connectivity index (χ4n) is 5.88. The maximum atomic E-state index is 13.7. The summed E-state index contributed by atoms with van der Waals surface area (Å²) in [7, 11) is 0. The Balaban J connectivity index is 1.31. The molecule has 3 N–H and O–H groups in total. The summed E-state index contributed by atoms with van der Waals surface area (Å²) in [6.07, 6.45) is 7.51. The van der Waals surface area contributed by atoms with Crippen LogP contribution >= 0.6 is 0 Å². The number of fused-ring (bicyclic) bond motifs is 1. The van der Waals surface area contributed by atoms with Gasteiger partial charge in [-0.05, 0) is 72.6 Å². The van der Waals surface area contributed by atoms with Gasteiger partial charge < -0.3 is 20.7 Å². The van der Waals surface area contributed by atoms with Gasteiger partial charge in [0.1, 0.15) is 12.6 Å². The molecule has 8 nitrogen and oxygen atoms in total. The molecule has 0 radical (unpaired) electrons. The molecule has 0 bridgehead atoms. The normalized spacial score (nSPS) is 19.7. The van der Waals surface area contributed by atoms with E-state index in [1.165, 1.54) is 0 Å². The summed E-state index contributed by atoms with van der Waals surface area (Å²) in [6.45, 7) is 0.116. The molecule has 48 heavy (non-hydrogen) atoms. The SMILES string of the molecule is O=C(C[C@H]1C/C=C\CCC[C@H](Cc2ccccc2)C(=O)OC[C@@H](C(=O)Nc2ccc3ccccc3c2)NC1=O)NCCc1ccccc1. The van der Waals surface area contributed by atoms with Crippen molar-refractivity contribution in [2.45, 2.75) is 51.0 Å². The van der Waals surface area contributed by atoms with Crippen molar-refractivity contribution in [2.24, 2.45) is 11.8 Å². The van der Waals surface area contributed by atoms with Gasteiger partial charge in [0.2, 0.25) is 11.8 Å². The lowest BCUT2D eigenvalue weighted by Crippen LogP contribution is -2.49. The molecule has 0 aromatic heterocycles. The summed E-state index contributed by atoms with van der Waals surface area (Å²) >= 11 is 0.